The Bertz CT molecular complexity index is 361. The van der Waals surface area contributed by atoms with Crippen LogP contribution in [0.5, 0.6) is 0 Å². The van der Waals surface area contributed by atoms with Gasteiger partial charge >= 0.3 is 0 Å². The second kappa shape index (κ2) is 7.92. The normalized spacial score (nSPS) is 12.5. The monoisotopic (exact) mass is 445 g/mol. The summed E-state index contributed by atoms with van der Waals surface area (Å²) in [5.41, 5.74) is 0. The molecule has 0 saturated heterocycles. The molecule has 0 bridgehead atoms. The lowest BCUT2D eigenvalue weighted by Crippen LogP contribution is -2.28. The van der Waals surface area contributed by atoms with Crippen molar-refractivity contribution in [1.82, 2.24) is 5.32 Å². The van der Waals surface area contributed by atoms with E-state index in [0.29, 0.717) is 5.92 Å². The SMILES string of the molecule is CCC(CCBr)CNC(=O)c1cc(Br)c(Br)s1. The van der Waals surface area contributed by atoms with Crippen LogP contribution in [-0.2, 0) is 0 Å². The number of nitrogens with one attached hydrogen (secondary N) is 1. The van der Waals surface area contributed by atoms with Crippen LogP contribution < -0.4 is 5.32 Å². The van der Waals surface area contributed by atoms with E-state index in [1.54, 1.807) is 0 Å². The summed E-state index contributed by atoms with van der Waals surface area (Å²) in [4.78, 5) is 12.6. The van der Waals surface area contributed by atoms with E-state index in [1.165, 1.54) is 11.3 Å². The molecule has 0 saturated carbocycles. The summed E-state index contributed by atoms with van der Waals surface area (Å²) in [6, 6.07) is 1.84. The summed E-state index contributed by atoms with van der Waals surface area (Å²) in [6.45, 7) is 2.89. The van der Waals surface area contributed by atoms with Crippen LogP contribution in [-0.4, -0.2) is 17.8 Å². The highest BCUT2D eigenvalue weighted by atomic mass is 79.9. The molecule has 0 aliphatic heterocycles. The molecule has 96 valence electrons. The molecule has 0 radical (unpaired) electrons. The van der Waals surface area contributed by atoms with Crippen molar-refractivity contribution < 1.29 is 4.79 Å². The standard InChI is InChI=1S/C11H14Br3NOS/c1-2-7(3-4-12)6-15-11(16)9-5-8(13)10(14)17-9/h5,7H,2-4,6H2,1H3,(H,15,16). The molecule has 2 nitrogen and oxygen atoms in total. The van der Waals surface area contributed by atoms with E-state index in [4.69, 9.17) is 0 Å². The summed E-state index contributed by atoms with van der Waals surface area (Å²) in [5.74, 6) is 0.555. The van der Waals surface area contributed by atoms with E-state index < -0.39 is 0 Å². The van der Waals surface area contributed by atoms with Crippen LogP contribution >= 0.6 is 59.1 Å². The minimum Gasteiger partial charge on any atom is -0.351 e. The maximum absolute atomic E-state index is 11.9. The van der Waals surface area contributed by atoms with Crippen LogP contribution in [0.2, 0.25) is 0 Å². The van der Waals surface area contributed by atoms with Crippen molar-refractivity contribution in [3.05, 3.63) is 19.2 Å². The van der Waals surface area contributed by atoms with Gasteiger partial charge in [0.2, 0.25) is 0 Å². The number of hydrogen-bond acceptors (Lipinski definition) is 2. The molecule has 0 spiro atoms. The highest BCUT2D eigenvalue weighted by Gasteiger charge is 2.13. The number of hydrogen-bond donors (Lipinski definition) is 1. The second-order valence-electron chi connectivity index (χ2n) is 3.69. The van der Waals surface area contributed by atoms with Gasteiger partial charge in [0.1, 0.15) is 0 Å². The van der Waals surface area contributed by atoms with Crippen LogP contribution in [0.4, 0.5) is 0 Å². The van der Waals surface area contributed by atoms with Crippen LogP contribution in [0.15, 0.2) is 14.3 Å². The Balaban J connectivity index is 2.49. The largest absolute Gasteiger partial charge is 0.351 e. The molecule has 0 aliphatic carbocycles. The van der Waals surface area contributed by atoms with Gasteiger partial charge in [0.05, 0.1) is 8.66 Å². The van der Waals surface area contributed by atoms with E-state index in [0.717, 1.165) is 37.9 Å². The fraction of sp³-hybridized carbons (Fsp3) is 0.545. The van der Waals surface area contributed by atoms with Crippen LogP contribution in [0.25, 0.3) is 0 Å². The zero-order valence-electron chi connectivity index (χ0n) is 9.43. The van der Waals surface area contributed by atoms with Crippen molar-refractivity contribution in [2.45, 2.75) is 19.8 Å². The quantitative estimate of drug-likeness (QED) is 0.623. The highest BCUT2D eigenvalue weighted by molar-refractivity contribution is 9.13. The molecule has 1 unspecified atom stereocenters. The molecule has 17 heavy (non-hydrogen) atoms. The fourth-order valence-electron chi connectivity index (χ4n) is 1.39. The average Bonchev–Trinajstić information content (AvgIpc) is 2.64. The first-order valence-corrected chi connectivity index (χ1v) is 8.89. The second-order valence-corrected chi connectivity index (χ2v) is 7.71. The Kier molecular flexibility index (Phi) is 7.30. The summed E-state index contributed by atoms with van der Waals surface area (Å²) in [6.07, 6.45) is 2.18. The minimum absolute atomic E-state index is 0.00872. The van der Waals surface area contributed by atoms with Gasteiger partial charge in [-0.2, -0.15) is 0 Å². The Morgan fingerprint density at radius 3 is 2.71 bits per heavy atom. The summed E-state index contributed by atoms with van der Waals surface area (Å²) >= 11 is 11.6. The van der Waals surface area contributed by atoms with E-state index in [9.17, 15) is 4.79 Å². The molecule has 0 aliphatic rings. The van der Waals surface area contributed by atoms with Gasteiger partial charge in [0, 0.05) is 16.3 Å². The summed E-state index contributed by atoms with van der Waals surface area (Å²) in [5, 5.41) is 3.97. The lowest BCUT2D eigenvalue weighted by atomic mass is 10.0. The maximum Gasteiger partial charge on any atom is 0.261 e. The van der Waals surface area contributed by atoms with Crippen molar-refractivity contribution >= 4 is 65.0 Å². The summed E-state index contributed by atoms with van der Waals surface area (Å²) in [7, 11) is 0. The smallest absolute Gasteiger partial charge is 0.261 e. The Labute approximate surface area is 131 Å². The van der Waals surface area contributed by atoms with Gasteiger partial charge in [-0.25, -0.2) is 0 Å². The third-order valence-electron chi connectivity index (χ3n) is 2.51. The van der Waals surface area contributed by atoms with Crippen molar-refractivity contribution in [1.29, 1.82) is 0 Å². The van der Waals surface area contributed by atoms with E-state index in [-0.39, 0.29) is 5.91 Å². The molecular formula is C11H14Br3NOS. The maximum atomic E-state index is 11.9. The number of halogens is 3. The minimum atomic E-state index is 0.00872. The third-order valence-corrected chi connectivity index (χ3v) is 6.23. The predicted octanol–water partition coefficient (Wildman–Crippen LogP) is 4.81. The number of alkyl halides is 1. The van der Waals surface area contributed by atoms with Gasteiger partial charge < -0.3 is 5.32 Å². The molecule has 1 aromatic rings. The van der Waals surface area contributed by atoms with Crippen LogP contribution in [0.1, 0.15) is 29.4 Å². The van der Waals surface area contributed by atoms with E-state index in [2.05, 4.69) is 60.0 Å². The van der Waals surface area contributed by atoms with E-state index >= 15 is 0 Å². The average molecular weight is 448 g/mol. The molecule has 6 heteroatoms. The first-order valence-electron chi connectivity index (χ1n) is 5.37. The molecule has 1 heterocycles. The first-order chi connectivity index (χ1) is 8.08. The lowest BCUT2D eigenvalue weighted by Gasteiger charge is -2.13. The number of rotatable bonds is 6. The molecule has 1 rings (SSSR count). The number of thiophene rings is 1. The molecule has 0 aromatic carbocycles. The first kappa shape index (κ1) is 15.7. The van der Waals surface area contributed by atoms with E-state index in [1.807, 2.05) is 6.07 Å². The van der Waals surface area contributed by atoms with Crippen LogP contribution in [0, 0.1) is 5.92 Å². The van der Waals surface area contributed by atoms with Gasteiger partial charge in [-0.15, -0.1) is 11.3 Å². The topological polar surface area (TPSA) is 29.1 Å². The molecule has 1 aromatic heterocycles. The Hall–Kier alpha value is 0.610. The Morgan fingerprint density at radius 1 is 1.53 bits per heavy atom. The van der Waals surface area contributed by atoms with Crippen molar-refractivity contribution in [3.8, 4) is 0 Å². The van der Waals surface area contributed by atoms with Gasteiger partial charge in [-0.05, 0) is 50.3 Å². The van der Waals surface area contributed by atoms with Crippen molar-refractivity contribution in [2.24, 2.45) is 5.92 Å². The Morgan fingerprint density at radius 2 is 2.24 bits per heavy atom. The molecule has 1 amide bonds. The third kappa shape index (κ3) is 5.01. The zero-order valence-corrected chi connectivity index (χ0v) is 15.0. The number of carbonyl (C=O) groups is 1. The predicted molar refractivity (Wildman–Crippen MR) is 84.2 cm³/mol. The number of carbonyl (C=O) groups excluding carboxylic acids is 1. The fourth-order valence-corrected chi connectivity index (χ4v) is 3.99. The highest BCUT2D eigenvalue weighted by Crippen LogP contribution is 2.32. The van der Waals surface area contributed by atoms with Crippen LogP contribution in [0.3, 0.4) is 0 Å². The molecule has 1 atom stereocenters. The molecule has 1 N–H and O–H groups in total. The van der Waals surface area contributed by atoms with Crippen molar-refractivity contribution in [2.75, 3.05) is 11.9 Å². The molecule has 0 fully saturated rings. The van der Waals surface area contributed by atoms with Crippen molar-refractivity contribution in [3.63, 3.8) is 0 Å². The van der Waals surface area contributed by atoms with Gasteiger partial charge in [-0.3, -0.25) is 4.79 Å². The zero-order chi connectivity index (χ0) is 12.8. The van der Waals surface area contributed by atoms with Gasteiger partial charge in [0.25, 0.3) is 5.91 Å². The number of amides is 1. The lowest BCUT2D eigenvalue weighted by molar-refractivity contribution is 0.0950. The van der Waals surface area contributed by atoms with Gasteiger partial charge in [0.15, 0.2) is 0 Å². The summed E-state index contributed by atoms with van der Waals surface area (Å²) < 4.78 is 1.88. The van der Waals surface area contributed by atoms with Gasteiger partial charge in [-0.1, -0.05) is 29.3 Å². The molecular weight excluding hydrogens is 434 g/mol.